The van der Waals surface area contributed by atoms with Gasteiger partial charge in [-0.15, -0.1) is 0 Å². The lowest BCUT2D eigenvalue weighted by atomic mass is 10.1. The van der Waals surface area contributed by atoms with Gasteiger partial charge in [-0.05, 0) is 23.8 Å². The van der Waals surface area contributed by atoms with Crippen LogP contribution in [0, 0.1) is 0 Å². The Morgan fingerprint density at radius 3 is 2.94 bits per heavy atom. The number of aryl methyl sites for hydroxylation is 1. The third-order valence-corrected chi connectivity index (χ3v) is 2.51. The first-order valence-corrected chi connectivity index (χ1v) is 5.31. The van der Waals surface area contributed by atoms with Gasteiger partial charge in [-0.1, -0.05) is 11.6 Å². The SMILES string of the molecule is Cn1ccc(CC(O)c2ccnc(Cl)c2)n1. The van der Waals surface area contributed by atoms with E-state index in [-0.39, 0.29) is 0 Å². The Balaban J connectivity index is 2.11. The second kappa shape index (κ2) is 4.63. The van der Waals surface area contributed by atoms with Crippen LogP contribution in [0.2, 0.25) is 5.15 Å². The summed E-state index contributed by atoms with van der Waals surface area (Å²) in [5, 5.41) is 14.6. The smallest absolute Gasteiger partial charge is 0.129 e. The molecule has 0 amide bonds. The number of pyridine rings is 1. The number of hydrogen-bond acceptors (Lipinski definition) is 3. The molecule has 0 aromatic carbocycles. The van der Waals surface area contributed by atoms with E-state index in [9.17, 15) is 5.11 Å². The Morgan fingerprint density at radius 1 is 1.50 bits per heavy atom. The fourth-order valence-corrected chi connectivity index (χ4v) is 1.70. The molecular weight excluding hydrogens is 226 g/mol. The maximum atomic E-state index is 9.97. The Morgan fingerprint density at radius 2 is 2.31 bits per heavy atom. The van der Waals surface area contributed by atoms with Crippen LogP contribution >= 0.6 is 11.6 Å². The average molecular weight is 238 g/mol. The molecule has 0 bridgehead atoms. The first-order valence-electron chi connectivity index (χ1n) is 4.93. The molecule has 0 saturated heterocycles. The highest BCUT2D eigenvalue weighted by atomic mass is 35.5. The van der Waals surface area contributed by atoms with Crippen LogP contribution in [-0.2, 0) is 13.5 Å². The van der Waals surface area contributed by atoms with Crippen molar-refractivity contribution in [1.82, 2.24) is 14.8 Å². The van der Waals surface area contributed by atoms with Crippen LogP contribution in [0.5, 0.6) is 0 Å². The van der Waals surface area contributed by atoms with Crippen LogP contribution in [0.1, 0.15) is 17.4 Å². The second-order valence-electron chi connectivity index (χ2n) is 3.61. The summed E-state index contributed by atoms with van der Waals surface area (Å²) in [6, 6.07) is 5.29. The Kier molecular flexibility index (Phi) is 3.22. The zero-order valence-electron chi connectivity index (χ0n) is 8.84. The lowest BCUT2D eigenvalue weighted by molar-refractivity contribution is 0.177. The Labute approximate surface area is 98.5 Å². The summed E-state index contributed by atoms with van der Waals surface area (Å²) in [5.41, 5.74) is 1.61. The summed E-state index contributed by atoms with van der Waals surface area (Å²) in [4.78, 5) is 3.87. The van der Waals surface area contributed by atoms with Crippen molar-refractivity contribution >= 4 is 11.6 Å². The van der Waals surface area contributed by atoms with E-state index in [1.54, 1.807) is 23.0 Å². The van der Waals surface area contributed by atoms with Gasteiger partial charge in [-0.3, -0.25) is 4.68 Å². The minimum Gasteiger partial charge on any atom is -0.388 e. The maximum Gasteiger partial charge on any atom is 0.129 e. The first-order chi connectivity index (χ1) is 7.65. The molecule has 0 spiro atoms. The molecule has 2 aromatic heterocycles. The zero-order chi connectivity index (χ0) is 11.5. The Hall–Kier alpha value is -1.39. The highest BCUT2D eigenvalue weighted by molar-refractivity contribution is 6.29. The lowest BCUT2D eigenvalue weighted by Gasteiger charge is -2.08. The van der Waals surface area contributed by atoms with E-state index in [0.29, 0.717) is 11.6 Å². The van der Waals surface area contributed by atoms with Crippen molar-refractivity contribution < 1.29 is 5.11 Å². The van der Waals surface area contributed by atoms with Gasteiger partial charge in [0.15, 0.2) is 0 Å². The predicted molar refractivity (Wildman–Crippen MR) is 61.1 cm³/mol. The average Bonchev–Trinajstić information content (AvgIpc) is 2.64. The van der Waals surface area contributed by atoms with Crippen LogP contribution in [0.25, 0.3) is 0 Å². The largest absolute Gasteiger partial charge is 0.388 e. The van der Waals surface area contributed by atoms with Gasteiger partial charge in [0.05, 0.1) is 11.8 Å². The minimum absolute atomic E-state index is 0.387. The molecule has 2 heterocycles. The number of nitrogens with zero attached hydrogens (tertiary/aromatic N) is 3. The number of hydrogen-bond donors (Lipinski definition) is 1. The van der Waals surface area contributed by atoms with E-state index in [2.05, 4.69) is 10.1 Å². The van der Waals surface area contributed by atoms with Crippen LogP contribution in [0.3, 0.4) is 0 Å². The summed E-state index contributed by atoms with van der Waals surface area (Å²) in [6.45, 7) is 0. The van der Waals surface area contributed by atoms with Crippen molar-refractivity contribution in [3.8, 4) is 0 Å². The molecule has 1 atom stereocenters. The fraction of sp³-hybridized carbons (Fsp3) is 0.273. The van der Waals surface area contributed by atoms with Crippen molar-refractivity contribution in [2.45, 2.75) is 12.5 Å². The quantitative estimate of drug-likeness (QED) is 0.828. The summed E-state index contributed by atoms with van der Waals surface area (Å²) in [6.07, 6.45) is 3.30. The van der Waals surface area contributed by atoms with E-state index in [1.165, 1.54) is 0 Å². The zero-order valence-corrected chi connectivity index (χ0v) is 9.59. The summed E-state index contributed by atoms with van der Waals surface area (Å²) < 4.78 is 1.71. The second-order valence-corrected chi connectivity index (χ2v) is 4.00. The molecule has 0 aliphatic carbocycles. The van der Waals surface area contributed by atoms with Crippen LogP contribution in [-0.4, -0.2) is 19.9 Å². The third kappa shape index (κ3) is 2.59. The van der Waals surface area contributed by atoms with Gasteiger partial charge in [-0.25, -0.2) is 4.98 Å². The lowest BCUT2D eigenvalue weighted by Crippen LogP contribution is -2.03. The number of aliphatic hydroxyl groups excluding tert-OH is 1. The van der Waals surface area contributed by atoms with Gasteiger partial charge in [0.1, 0.15) is 5.15 Å². The number of rotatable bonds is 3. The topological polar surface area (TPSA) is 50.9 Å². The van der Waals surface area contributed by atoms with E-state index >= 15 is 0 Å². The van der Waals surface area contributed by atoms with Crippen LogP contribution in [0.15, 0.2) is 30.6 Å². The molecule has 1 unspecified atom stereocenters. The molecule has 4 nitrogen and oxygen atoms in total. The number of halogens is 1. The molecule has 0 radical (unpaired) electrons. The Bertz CT molecular complexity index is 484. The normalized spacial score (nSPS) is 12.7. The van der Waals surface area contributed by atoms with Gasteiger partial charge < -0.3 is 5.11 Å². The number of aromatic nitrogens is 3. The van der Waals surface area contributed by atoms with Gasteiger partial charge >= 0.3 is 0 Å². The standard InChI is InChI=1S/C11H12ClN3O/c1-15-5-3-9(14-15)7-10(16)8-2-4-13-11(12)6-8/h2-6,10,16H,7H2,1H3. The highest BCUT2D eigenvalue weighted by Gasteiger charge is 2.10. The van der Waals surface area contributed by atoms with Gasteiger partial charge in [-0.2, -0.15) is 5.10 Å². The molecule has 0 saturated carbocycles. The number of aliphatic hydroxyl groups is 1. The molecule has 0 aliphatic heterocycles. The van der Waals surface area contributed by atoms with Crippen molar-refractivity contribution in [3.63, 3.8) is 0 Å². The third-order valence-electron chi connectivity index (χ3n) is 2.31. The van der Waals surface area contributed by atoms with E-state index < -0.39 is 6.10 Å². The van der Waals surface area contributed by atoms with Gasteiger partial charge in [0.25, 0.3) is 0 Å². The van der Waals surface area contributed by atoms with Crippen LogP contribution < -0.4 is 0 Å². The molecule has 2 aromatic rings. The summed E-state index contributed by atoms with van der Waals surface area (Å²) >= 11 is 5.75. The van der Waals surface area contributed by atoms with Gasteiger partial charge in [0, 0.05) is 25.9 Å². The molecule has 84 valence electrons. The molecule has 2 rings (SSSR count). The van der Waals surface area contributed by atoms with Crippen LogP contribution in [0.4, 0.5) is 0 Å². The van der Waals surface area contributed by atoms with E-state index in [0.717, 1.165) is 11.3 Å². The molecule has 1 N–H and O–H groups in total. The summed E-state index contributed by atoms with van der Waals surface area (Å²) in [7, 11) is 1.85. The molecule has 0 aliphatic rings. The van der Waals surface area contributed by atoms with E-state index in [1.807, 2.05) is 19.3 Å². The van der Waals surface area contributed by atoms with Crippen molar-refractivity contribution in [2.75, 3.05) is 0 Å². The summed E-state index contributed by atoms with van der Waals surface area (Å²) in [5.74, 6) is 0. The van der Waals surface area contributed by atoms with E-state index in [4.69, 9.17) is 11.6 Å². The molecule has 0 fully saturated rings. The monoisotopic (exact) mass is 237 g/mol. The fourth-order valence-electron chi connectivity index (χ4n) is 1.51. The van der Waals surface area contributed by atoms with Gasteiger partial charge in [0.2, 0.25) is 0 Å². The van der Waals surface area contributed by atoms with Crippen molar-refractivity contribution in [3.05, 3.63) is 47.0 Å². The molecule has 16 heavy (non-hydrogen) atoms. The first kappa shape index (κ1) is 11.1. The minimum atomic E-state index is -0.601. The van der Waals surface area contributed by atoms with Crippen molar-refractivity contribution in [1.29, 1.82) is 0 Å². The maximum absolute atomic E-state index is 9.97. The molecular formula is C11H12ClN3O. The predicted octanol–water partition coefficient (Wildman–Crippen LogP) is 1.74. The molecule has 5 heteroatoms. The highest BCUT2D eigenvalue weighted by Crippen LogP contribution is 2.19. The van der Waals surface area contributed by atoms with Crippen molar-refractivity contribution in [2.24, 2.45) is 7.05 Å².